The van der Waals surface area contributed by atoms with E-state index in [0.717, 1.165) is 0 Å². The van der Waals surface area contributed by atoms with Crippen molar-refractivity contribution in [3.8, 4) is 0 Å². The molecule has 0 N–H and O–H groups in total. The molecule has 0 bridgehead atoms. The van der Waals surface area contributed by atoms with Gasteiger partial charge in [-0.25, -0.2) is 4.79 Å². The van der Waals surface area contributed by atoms with Crippen molar-refractivity contribution in [3.63, 3.8) is 0 Å². The SMILES string of the molecule is C=C(C)C(=O)OC(C)C(O[Si](C)(C)C)O[Si](C)(C)C. The highest BCUT2D eigenvalue weighted by molar-refractivity contribution is 6.70. The molecule has 0 aromatic carbocycles. The molecule has 0 aromatic heterocycles. The van der Waals surface area contributed by atoms with Crippen LogP contribution in [0.2, 0.25) is 39.3 Å². The van der Waals surface area contributed by atoms with Gasteiger partial charge in [0.15, 0.2) is 22.9 Å². The van der Waals surface area contributed by atoms with Crippen molar-refractivity contribution in [1.82, 2.24) is 0 Å². The average molecular weight is 305 g/mol. The number of hydrogen-bond acceptors (Lipinski definition) is 4. The Labute approximate surface area is 119 Å². The summed E-state index contributed by atoms with van der Waals surface area (Å²) in [6.45, 7) is 19.5. The lowest BCUT2D eigenvalue weighted by atomic mass is 10.3. The summed E-state index contributed by atoms with van der Waals surface area (Å²) in [7, 11) is -3.56. The lowest BCUT2D eigenvalue weighted by molar-refractivity contribution is -0.161. The third kappa shape index (κ3) is 9.15. The first-order chi connectivity index (χ1) is 8.32. The van der Waals surface area contributed by atoms with Crippen LogP contribution < -0.4 is 0 Å². The predicted molar refractivity (Wildman–Crippen MR) is 83.0 cm³/mol. The quantitative estimate of drug-likeness (QED) is 0.312. The lowest BCUT2D eigenvalue weighted by Crippen LogP contribution is -2.46. The van der Waals surface area contributed by atoms with Crippen LogP contribution >= 0.6 is 0 Å². The summed E-state index contributed by atoms with van der Waals surface area (Å²) in [5.41, 5.74) is 0.381. The molecule has 0 saturated heterocycles. The van der Waals surface area contributed by atoms with E-state index in [0.29, 0.717) is 5.57 Å². The molecule has 0 aromatic rings. The van der Waals surface area contributed by atoms with Crippen LogP contribution in [0.25, 0.3) is 0 Å². The van der Waals surface area contributed by atoms with Crippen molar-refractivity contribution in [2.45, 2.75) is 65.5 Å². The monoisotopic (exact) mass is 304 g/mol. The first kappa shape index (κ1) is 18.6. The number of hydrogen-bond donors (Lipinski definition) is 0. The zero-order chi connectivity index (χ0) is 15.4. The van der Waals surface area contributed by atoms with Crippen LogP contribution in [0.15, 0.2) is 12.2 Å². The molecule has 6 heteroatoms. The highest BCUT2D eigenvalue weighted by Gasteiger charge is 2.32. The van der Waals surface area contributed by atoms with Crippen LogP contribution in [0.1, 0.15) is 13.8 Å². The van der Waals surface area contributed by atoms with Crippen molar-refractivity contribution in [1.29, 1.82) is 0 Å². The minimum atomic E-state index is -1.78. The van der Waals surface area contributed by atoms with Crippen LogP contribution in [0.5, 0.6) is 0 Å². The van der Waals surface area contributed by atoms with Crippen LogP contribution in [0.4, 0.5) is 0 Å². The molecule has 4 nitrogen and oxygen atoms in total. The maximum atomic E-state index is 11.6. The molecule has 112 valence electrons. The van der Waals surface area contributed by atoms with Gasteiger partial charge >= 0.3 is 5.97 Å². The van der Waals surface area contributed by atoms with Gasteiger partial charge in [0.2, 0.25) is 0 Å². The van der Waals surface area contributed by atoms with Gasteiger partial charge < -0.3 is 13.6 Å². The molecule has 0 radical (unpaired) electrons. The van der Waals surface area contributed by atoms with E-state index in [1.54, 1.807) is 13.8 Å². The standard InChI is InChI=1S/C13H28O4Si2/c1-10(2)12(14)15-11(3)13(16-18(4,5)6)17-19(7,8)9/h11,13H,1H2,2-9H3. The van der Waals surface area contributed by atoms with Gasteiger partial charge in [-0.3, -0.25) is 0 Å². The largest absolute Gasteiger partial charge is 0.454 e. The van der Waals surface area contributed by atoms with Crippen LogP contribution in [-0.4, -0.2) is 35.0 Å². The Morgan fingerprint density at radius 1 is 1.00 bits per heavy atom. The van der Waals surface area contributed by atoms with E-state index in [9.17, 15) is 4.79 Å². The summed E-state index contributed by atoms with van der Waals surface area (Å²) >= 11 is 0. The molecular weight excluding hydrogens is 276 g/mol. The Bertz CT molecular complexity index is 313. The third-order valence-corrected chi connectivity index (χ3v) is 3.84. The van der Waals surface area contributed by atoms with Crippen LogP contribution in [-0.2, 0) is 18.4 Å². The molecule has 0 saturated carbocycles. The number of ether oxygens (including phenoxy) is 1. The maximum absolute atomic E-state index is 11.6. The van der Waals surface area contributed by atoms with E-state index in [1.165, 1.54) is 0 Å². The summed E-state index contributed by atoms with van der Waals surface area (Å²) in [4.78, 5) is 11.6. The van der Waals surface area contributed by atoms with Crippen molar-refractivity contribution in [3.05, 3.63) is 12.2 Å². The van der Waals surface area contributed by atoms with Gasteiger partial charge in [0.1, 0.15) is 6.10 Å². The molecule has 0 aliphatic rings. The molecule has 1 atom stereocenters. The fourth-order valence-corrected chi connectivity index (χ4v) is 3.21. The molecule has 0 aliphatic heterocycles. The number of carbonyl (C=O) groups is 1. The van der Waals surface area contributed by atoms with Crippen molar-refractivity contribution in [2.24, 2.45) is 0 Å². The fourth-order valence-electron chi connectivity index (χ4n) is 1.24. The first-order valence-electron chi connectivity index (χ1n) is 6.54. The minimum absolute atomic E-state index is 0.381. The Hall–Kier alpha value is -0.436. The second-order valence-electron chi connectivity index (χ2n) is 6.72. The van der Waals surface area contributed by atoms with Gasteiger partial charge in [0.05, 0.1) is 0 Å². The number of esters is 1. The van der Waals surface area contributed by atoms with Gasteiger partial charge in [-0.15, -0.1) is 0 Å². The molecule has 0 rings (SSSR count). The minimum Gasteiger partial charge on any atom is -0.454 e. The van der Waals surface area contributed by atoms with Gasteiger partial charge in [-0.1, -0.05) is 6.58 Å². The Balaban J connectivity index is 4.82. The van der Waals surface area contributed by atoms with Gasteiger partial charge in [-0.05, 0) is 53.1 Å². The molecular formula is C13H28O4Si2. The Morgan fingerprint density at radius 3 is 1.63 bits per heavy atom. The first-order valence-corrected chi connectivity index (χ1v) is 13.4. The fraction of sp³-hybridized carbons (Fsp3) is 0.769. The van der Waals surface area contributed by atoms with Gasteiger partial charge in [0, 0.05) is 5.57 Å². The van der Waals surface area contributed by atoms with E-state index in [2.05, 4.69) is 45.9 Å². The molecule has 0 spiro atoms. The van der Waals surface area contributed by atoms with E-state index in [-0.39, 0.29) is 0 Å². The molecule has 0 aliphatic carbocycles. The molecule has 1 unspecified atom stereocenters. The highest BCUT2D eigenvalue weighted by atomic mass is 28.4. The van der Waals surface area contributed by atoms with E-state index < -0.39 is 35.0 Å². The van der Waals surface area contributed by atoms with Gasteiger partial charge in [-0.2, -0.15) is 0 Å². The normalized spacial score (nSPS) is 14.4. The van der Waals surface area contributed by atoms with Gasteiger partial charge in [0.25, 0.3) is 0 Å². The van der Waals surface area contributed by atoms with Crippen LogP contribution in [0.3, 0.4) is 0 Å². The van der Waals surface area contributed by atoms with Crippen molar-refractivity contribution in [2.75, 3.05) is 0 Å². The average Bonchev–Trinajstić information content (AvgIpc) is 2.11. The lowest BCUT2D eigenvalue weighted by Gasteiger charge is -2.34. The topological polar surface area (TPSA) is 44.8 Å². The number of rotatable bonds is 7. The van der Waals surface area contributed by atoms with Crippen molar-refractivity contribution >= 4 is 22.6 Å². The summed E-state index contributed by atoms with van der Waals surface area (Å²) < 4.78 is 17.3. The molecule has 0 amide bonds. The van der Waals surface area contributed by atoms with E-state index >= 15 is 0 Å². The van der Waals surface area contributed by atoms with Crippen molar-refractivity contribution < 1.29 is 18.4 Å². The summed E-state index contributed by atoms with van der Waals surface area (Å²) in [6.07, 6.45) is -0.940. The smallest absolute Gasteiger partial charge is 0.333 e. The molecule has 19 heavy (non-hydrogen) atoms. The predicted octanol–water partition coefficient (Wildman–Crippen LogP) is 3.52. The Morgan fingerprint density at radius 2 is 1.37 bits per heavy atom. The van der Waals surface area contributed by atoms with E-state index in [4.69, 9.17) is 13.6 Å². The second kappa shape index (κ2) is 6.83. The second-order valence-corrected chi connectivity index (χ2v) is 15.6. The highest BCUT2D eigenvalue weighted by Crippen LogP contribution is 2.19. The zero-order valence-corrected chi connectivity index (χ0v) is 15.5. The van der Waals surface area contributed by atoms with E-state index in [1.807, 2.05) is 0 Å². The summed E-state index contributed by atoms with van der Waals surface area (Å²) in [5, 5.41) is 0. The third-order valence-electron chi connectivity index (χ3n) is 1.96. The number of carbonyl (C=O) groups excluding carboxylic acids is 1. The van der Waals surface area contributed by atoms with Crippen LogP contribution in [0, 0.1) is 0 Å². The summed E-state index contributed by atoms with van der Waals surface area (Å²) in [6, 6.07) is 0. The maximum Gasteiger partial charge on any atom is 0.333 e. The summed E-state index contributed by atoms with van der Waals surface area (Å²) in [5.74, 6) is -0.407. The molecule has 0 fully saturated rings. The zero-order valence-electron chi connectivity index (χ0n) is 13.5. The Kier molecular flexibility index (Phi) is 6.67. The molecule has 0 heterocycles.